The third kappa shape index (κ3) is 6.36. The Kier molecular flexibility index (Phi) is 7.92. The number of carbonyl (C=O) groups excluding carboxylic acids is 1. The highest BCUT2D eigenvalue weighted by Crippen LogP contribution is 2.31. The van der Waals surface area contributed by atoms with Gasteiger partial charge in [-0.2, -0.15) is 5.48 Å². The van der Waals surface area contributed by atoms with Crippen LogP contribution in [0.15, 0.2) is 39.6 Å². The zero-order valence-electron chi connectivity index (χ0n) is 17.0. The molecule has 0 bridgehead atoms. The number of anilines is 1. The van der Waals surface area contributed by atoms with Gasteiger partial charge >= 0.3 is 5.97 Å². The van der Waals surface area contributed by atoms with Crippen molar-refractivity contribution >= 4 is 50.9 Å². The number of ether oxygens (including phenoxy) is 1. The summed E-state index contributed by atoms with van der Waals surface area (Å²) in [6.45, 7) is 1.07. The fourth-order valence-corrected chi connectivity index (χ4v) is 5.96. The van der Waals surface area contributed by atoms with E-state index in [2.05, 4.69) is 15.8 Å². The molecule has 32 heavy (non-hydrogen) atoms. The minimum atomic E-state index is -1.02. The number of hydroxylamine groups is 1. The van der Waals surface area contributed by atoms with Crippen molar-refractivity contribution in [2.75, 3.05) is 24.3 Å². The van der Waals surface area contributed by atoms with Crippen LogP contribution >= 0.6 is 23.1 Å². The highest BCUT2D eigenvalue weighted by Gasteiger charge is 2.30. The van der Waals surface area contributed by atoms with E-state index >= 15 is 0 Å². The van der Waals surface area contributed by atoms with Crippen molar-refractivity contribution in [2.45, 2.75) is 45.8 Å². The summed E-state index contributed by atoms with van der Waals surface area (Å²) in [6, 6.07) is 6.30. The van der Waals surface area contributed by atoms with Gasteiger partial charge in [0, 0.05) is 23.2 Å². The molecule has 1 amide bonds. The van der Waals surface area contributed by atoms with Crippen LogP contribution in [0, 0.1) is 0 Å². The molecule has 3 N–H and O–H groups in total. The summed E-state index contributed by atoms with van der Waals surface area (Å²) < 4.78 is 18.4. The zero-order valence-corrected chi connectivity index (χ0v) is 19.5. The second-order valence-electron chi connectivity index (χ2n) is 7.38. The lowest BCUT2D eigenvalue weighted by Crippen LogP contribution is -2.36. The van der Waals surface area contributed by atoms with Crippen molar-refractivity contribution in [1.29, 1.82) is 0 Å². The Morgan fingerprint density at radius 2 is 2.09 bits per heavy atom. The van der Waals surface area contributed by atoms with Crippen LogP contribution in [0.5, 0.6) is 0 Å². The predicted octanol–water partition coefficient (Wildman–Crippen LogP) is 2.58. The number of rotatable bonds is 11. The van der Waals surface area contributed by atoms with Crippen molar-refractivity contribution in [3.8, 4) is 0 Å². The number of thioether (sulfide) groups is 1. The largest absolute Gasteiger partial charge is 0.481 e. The molecule has 3 atom stereocenters. The molecule has 172 valence electrons. The Bertz CT molecular complexity index is 973. The number of benzene rings is 1. The van der Waals surface area contributed by atoms with E-state index in [1.54, 1.807) is 24.3 Å². The van der Waals surface area contributed by atoms with Crippen LogP contribution in [0.4, 0.5) is 5.13 Å². The van der Waals surface area contributed by atoms with E-state index in [0.717, 1.165) is 35.9 Å². The summed E-state index contributed by atoms with van der Waals surface area (Å²) in [6.07, 6.45) is 4.09. The van der Waals surface area contributed by atoms with Crippen molar-refractivity contribution < 1.29 is 28.5 Å². The molecule has 4 rings (SSSR count). The molecule has 1 saturated carbocycles. The van der Waals surface area contributed by atoms with Crippen LogP contribution in [0.25, 0.3) is 0 Å². The molecule has 12 heteroatoms. The van der Waals surface area contributed by atoms with E-state index in [-0.39, 0.29) is 23.0 Å². The van der Waals surface area contributed by atoms with Gasteiger partial charge in [0.1, 0.15) is 12.1 Å². The lowest BCUT2D eigenvalue weighted by Gasteiger charge is -2.20. The molecule has 1 aliphatic carbocycles. The minimum absolute atomic E-state index is 0.0777. The average molecular weight is 498 g/mol. The van der Waals surface area contributed by atoms with Crippen LogP contribution in [0.3, 0.4) is 0 Å². The van der Waals surface area contributed by atoms with Gasteiger partial charge in [0.2, 0.25) is 5.91 Å². The Labute approximate surface area is 195 Å². The lowest BCUT2D eigenvalue weighted by molar-refractivity contribution is -0.134. The average Bonchev–Trinajstić information content (AvgIpc) is 3.32. The summed E-state index contributed by atoms with van der Waals surface area (Å²) in [5.74, 6) is -1.37. The Hall–Kier alpha value is -1.83. The molecule has 2 aromatic rings. The molecule has 2 aliphatic rings. The number of amides is 1. The SMILES string of the molecule is O=C(O)CSc1cnc(NC(=O)C(NO[C@@H]2CCOC2)c2ccc(S(=O)C3CC3)cc2)s1. The molecule has 2 fully saturated rings. The first-order valence-corrected chi connectivity index (χ1v) is 13.1. The number of nitrogens with zero attached hydrogens (tertiary/aromatic N) is 1. The monoisotopic (exact) mass is 497 g/mol. The van der Waals surface area contributed by atoms with Crippen LogP contribution in [0.2, 0.25) is 0 Å². The molecular weight excluding hydrogens is 474 g/mol. The van der Waals surface area contributed by atoms with Gasteiger partial charge in [-0.25, -0.2) is 4.98 Å². The molecule has 0 radical (unpaired) electrons. The van der Waals surface area contributed by atoms with E-state index in [9.17, 15) is 13.8 Å². The van der Waals surface area contributed by atoms with Crippen LogP contribution in [-0.2, 0) is 30.0 Å². The van der Waals surface area contributed by atoms with Gasteiger partial charge < -0.3 is 15.2 Å². The first kappa shape index (κ1) is 23.3. The fraction of sp³-hybridized carbons (Fsp3) is 0.450. The van der Waals surface area contributed by atoms with E-state index in [1.807, 2.05) is 0 Å². The highest BCUT2D eigenvalue weighted by atomic mass is 32.2. The van der Waals surface area contributed by atoms with Gasteiger partial charge in [0.05, 0.1) is 33.6 Å². The second kappa shape index (κ2) is 10.9. The van der Waals surface area contributed by atoms with E-state index < -0.39 is 22.8 Å². The smallest absolute Gasteiger partial charge is 0.313 e. The van der Waals surface area contributed by atoms with Crippen molar-refractivity contribution in [1.82, 2.24) is 10.5 Å². The molecule has 1 aromatic heterocycles. The molecule has 9 nitrogen and oxygen atoms in total. The predicted molar refractivity (Wildman–Crippen MR) is 121 cm³/mol. The number of hydrogen-bond acceptors (Lipinski definition) is 9. The number of aromatic nitrogens is 1. The number of hydrogen-bond donors (Lipinski definition) is 3. The molecule has 1 aliphatic heterocycles. The quantitative estimate of drug-likeness (QED) is 0.317. The Morgan fingerprint density at radius 1 is 1.31 bits per heavy atom. The highest BCUT2D eigenvalue weighted by molar-refractivity contribution is 8.01. The number of carboxylic acids is 1. The summed E-state index contributed by atoms with van der Waals surface area (Å²) in [4.78, 5) is 34.4. The first-order chi connectivity index (χ1) is 15.5. The van der Waals surface area contributed by atoms with Gasteiger partial charge in [0.15, 0.2) is 5.13 Å². The van der Waals surface area contributed by atoms with Gasteiger partial charge in [-0.1, -0.05) is 23.5 Å². The Morgan fingerprint density at radius 3 is 2.75 bits per heavy atom. The van der Waals surface area contributed by atoms with Crippen molar-refractivity contribution in [3.05, 3.63) is 36.0 Å². The lowest BCUT2D eigenvalue weighted by atomic mass is 10.1. The molecule has 1 saturated heterocycles. The summed E-state index contributed by atoms with van der Waals surface area (Å²) in [7, 11) is -1.02. The maximum atomic E-state index is 13.1. The van der Waals surface area contributed by atoms with Crippen LogP contribution in [0.1, 0.15) is 30.9 Å². The maximum absolute atomic E-state index is 13.1. The Balaban J connectivity index is 1.44. The third-order valence-electron chi connectivity index (χ3n) is 4.83. The van der Waals surface area contributed by atoms with Crippen LogP contribution < -0.4 is 10.8 Å². The molecule has 2 unspecified atom stereocenters. The topological polar surface area (TPSA) is 127 Å². The van der Waals surface area contributed by atoms with Gasteiger partial charge in [-0.05, 0) is 30.5 Å². The van der Waals surface area contributed by atoms with Gasteiger partial charge in [-0.3, -0.25) is 18.6 Å². The first-order valence-electron chi connectivity index (χ1n) is 10.1. The summed E-state index contributed by atoms with van der Waals surface area (Å²) >= 11 is 2.35. The second-order valence-corrected chi connectivity index (χ2v) is 11.4. The summed E-state index contributed by atoms with van der Waals surface area (Å²) in [5, 5.41) is 12.2. The zero-order chi connectivity index (χ0) is 22.5. The number of aliphatic carboxylic acids is 1. The molecule has 1 aromatic carbocycles. The van der Waals surface area contributed by atoms with Gasteiger partial charge in [0.25, 0.3) is 0 Å². The standard InChI is InChI=1S/C20H23N3O6S3/c24-16(25)11-30-17-9-21-20(31-17)22-19(26)18(23-29-13-7-8-28-10-13)12-1-3-14(4-2-12)32(27)15-5-6-15/h1-4,9,13,15,18,23H,5-8,10-11H2,(H,24,25)(H,21,22,26)/t13-,18?,32?/m1/s1. The minimum Gasteiger partial charge on any atom is -0.481 e. The number of thiazole rings is 1. The maximum Gasteiger partial charge on any atom is 0.313 e. The fourth-order valence-electron chi connectivity index (χ4n) is 3.01. The van der Waals surface area contributed by atoms with Crippen molar-refractivity contribution in [2.24, 2.45) is 0 Å². The normalized spacial score (nSPS) is 20.1. The number of carboxylic acid groups (broad SMARTS) is 1. The molecule has 0 spiro atoms. The third-order valence-corrected chi connectivity index (χ3v) is 8.73. The van der Waals surface area contributed by atoms with Crippen LogP contribution in [-0.4, -0.2) is 56.5 Å². The molecular formula is C20H23N3O6S3. The summed E-state index contributed by atoms with van der Waals surface area (Å²) in [5.41, 5.74) is 3.52. The van der Waals surface area contributed by atoms with E-state index in [1.165, 1.54) is 17.5 Å². The van der Waals surface area contributed by atoms with E-state index in [0.29, 0.717) is 28.1 Å². The van der Waals surface area contributed by atoms with E-state index in [4.69, 9.17) is 14.7 Å². The number of nitrogens with one attached hydrogen (secondary N) is 2. The molecule has 2 heterocycles. The van der Waals surface area contributed by atoms with Crippen molar-refractivity contribution in [3.63, 3.8) is 0 Å². The number of carbonyl (C=O) groups is 2. The van der Waals surface area contributed by atoms with Gasteiger partial charge in [-0.15, -0.1) is 11.8 Å².